The van der Waals surface area contributed by atoms with Crippen molar-refractivity contribution in [3.63, 3.8) is 0 Å². The van der Waals surface area contributed by atoms with Crippen molar-refractivity contribution in [3.8, 4) is 0 Å². The van der Waals surface area contributed by atoms with Gasteiger partial charge in [-0.3, -0.25) is 14.3 Å². The highest BCUT2D eigenvalue weighted by atomic mass is 32.1. The third kappa shape index (κ3) is 5.45. The fourth-order valence-electron chi connectivity index (χ4n) is 3.02. The minimum atomic E-state index is -0.587. The smallest absolute Gasteiger partial charge is 0.330 e. The lowest BCUT2D eigenvalue weighted by atomic mass is 10.1. The van der Waals surface area contributed by atoms with Crippen LogP contribution in [-0.4, -0.2) is 34.9 Å². The average molecular weight is 420 g/mol. The van der Waals surface area contributed by atoms with Crippen molar-refractivity contribution in [1.29, 1.82) is 0 Å². The zero-order valence-electron chi connectivity index (χ0n) is 17.3. The van der Waals surface area contributed by atoms with E-state index in [1.807, 2.05) is 38.1 Å². The van der Waals surface area contributed by atoms with Crippen LogP contribution >= 0.6 is 12.2 Å². The molecule has 29 heavy (non-hydrogen) atoms. The number of aromatic nitrogens is 2. The Kier molecular flexibility index (Phi) is 7.98. The molecule has 0 aliphatic heterocycles. The summed E-state index contributed by atoms with van der Waals surface area (Å²) in [7, 11) is 1.56. The number of ether oxygens (including phenoxy) is 1. The first-order chi connectivity index (χ1) is 13.8. The minimum Gasteiger partial charge on any atom is -0.383 e. The molecule has 2 aromatic rings. The van der Waals surface area contributed by atoms with Crippen molar-refractivity contribution < 1.29 is 4.74 Å². The van der Waals surface area contributed by atoms with Gasteiger partial charge < -0.3 is 20.7 Å². The van der Waals surface area contributed by atoms with Crippen LogP contribution < -0.4 is 27.2 Å². The summed E-state index contributed by atoms with van der Waals surface area (Å²) in [5, 5.41) is 3.51. The van der Waals surface area contributed by atoms with Crippen LogP contribution in [0.25, 0.3) is 0 Å². The largest absolute Gasteiger partial charge is 0.383 e. The van der Waals surface area contributed by atoms with Crippen LogP contribution in [0.15, 0.2) is 33.9 Å². The Morgan fingerprint density at radius 2 is 2.03 bits per heavy atom. The Balaban J connectivity index is 2.50. The lowest BCUT2D eigenvalue weighted by Crippen LogP contribution is -2.44. The first-order valence-corrected chi connectivity index (χ1v) is 9.98. The van der Waals surface area contributed by atoms with Gasteiger partial charge in [-0.1, -0.05) is 39.0 Å². The molecule has 9 heteroatoms. The van der Waals surface area contributed by atoms with Crippen molar-refractivity contribution in [3.05, 3.63) is 50.7 Å². The number of nitrogens with one attached hydrogen (secondary N) is 2. The predicted molar refractivity (Wildman–Crippen MR) is 122 cm³/mol. The van der Waals surface area contributed by atoms with Crippen molar-refractivity contribution in [2.75, 3.05) is 36.2 Å². The number of methoxy groups -OCH3 is 1. The van der Waals surface area contributed by atoms with Crippen LogP contribution in [0, 0.1) is 5.92 Å². The van der Waals surface area contributed by atoms with Gasteiger partial charge in [-0.2, -0.15) is 0 Å². The van der Waals surface area contributed by atoms with Crippen LogP contribution in [0.3, 0.4) is 0 Å². The third-order valence-electron chi connectivity index (χ3n) is 4.44. The number of hydrogen-bond acceptors (Lipinski definition) is 5. The molecule has 2 rings (SSSR count). The number of benzene rings is 1. The topological polar surface area (TPSA) is 105 Å². The summed E-state index contributed by atoms with van der Waals surface area (Å²) >= 11 is 5.61. The van der Waals surface area contributed by atoms with E-state index in [1.54, 1.807) is 12.0 Å². The van der Waals surface area contributed by atoms with E-state index in [1.165, 1.54) is 4.57 Å². The standard InChI is InChI=1S/C20H29N5O3S/c1-5-14-8-6-7-9-15(14)22-20(29)24(10-11-28-4)16-17(21)25(12-13(2)3)19(27)23-18(16)26/h6-9,13H,5,10-12,21H2,1-4H3,(H,22,29)(H,23,26,27). The van der Waals surface area contributed by atoms with E-state index >= 15 is 0 Å². The summed E-state index contributed by atoms with van der Waals surface area (Å²) in [5.74, 6) is 0.249. The van der Waals surface area contributed by atoms with Crippen LogP contribution in [0.5, 0.6) is 0 Å². The molecule has 0 bridgehead atoms. The fraction of sp³-hybridized carbons (Fsp3) is 0.450. The van der Waals surface area contributed by atoms with Crippen molar-refractivity contribution in [2.45, 2.75) is 33.7 Å². The quantitative estimate of drug-likeness (QED) is 0.563. The number of nitrogens with zero attached hydrogens (tertiary/aromatic N) is 2. The van der Waals surface area contributed by atoms with Gasteiger partial charge >= 0.3 is 5.69 Å². The number of nitrogen functional groups attached to an aromatic ring is 1. The molecule has 0 unspecified atom stereocenters. The Morgan fingerprint density at radius 1 is 1.34 bits per heavy atom. The van der Waals surface area contributed by atoms with Gasteiger partial charge in [0.05, 0.1) is 6.61 Å². The third-order valence-corrected chi connectivity index (χ3v) is 4.76. The zero-order valence-corrected chi connectivity index (χ0v) is 18.1. The molecule has 0 atom stereocenters. The lowest BCUT2D eigenvalue weighted by Gasteiger charge is -2.27. The molecule has 1 aromatic heterocycles. The number of aryl methyl sites for hydroxylation is 1. The molecule has 0 fully saturated rings. The Hall–Kier alpha value is -2.65. The maximum Gasteiger partial charge on any atom is 0.330 e. The zero-order chi connectivity index (χ0) is 21.6. The van der Waals surface area contributed by atoms with Gasteiger partial charge in [-0.25, -0.2) is 4.79 Å². The summed E-state index contributed by atoms with van der Waals surface area (Å²) in [6.07, 6.45) is 0.825. The van der Waals surface area contributed by atoms with Crippen molar-refractivity contribution >= 4 is 34.5 Å². The van der Waals surface area contributed by atoms with Gasteiger partial charge in [-0.05, 0) is 36.2 Å². The summed E-state index contributed by atoms with van der Waals surface area (Å²) < 4.78 is 6.55. The van der Waals surface area contributed by atoms with Crippen LogP contribution in [0.2, 0.25) is 0 Å². The maximum atomic E-state index is 12.7. The van der Waals surface area contributed by atoms with E-state index in [9.17, 15) is 9.59 Å². The van der Waals surface area contributed by atoms with E-state index < -0.39 is 11.2 Å². The second-order valence-corrected chi connectivity index (χ2v) is 7.47. The molecule has 4 N–H and O–H groups in total. The highest BCUT2D eigenvalue weighted by molar-refractivity contribution is 7.80. The predicted octanol–water partition coefficient (Wildman–Crippen LogP) is 2.19. The van der Waals surface area contributed by atoms with Crippen LogP contribution in [-0.2, 0) is 17.7 Å². The second kappa shape index (κ2) is 10.2. The van der Waals surface area contributed by atoms with E-state index in [4.69, 9.17) is 22.7 Å². The molecule has 0 radical (unpaired) electrons. The van der Waals surface area contributed by atoms with E-state index in [2.05, 4.69) is 17.2 Å². The normalized spacial score (nSPS) is 10.9. The maximum absolute atomic E-state index is 12.7. The van der Waals surface area contributed by atoms with E-state index in [0.29, 0.717) is 24.8 Å². The summed E-state index contributed by atoms with van der Waals surface area (Å²) in [6, 6.07) is 7.80. The molecule has 0 aliphatic rings. The second-order valence-electron chi connectivity index (χ2n) is 7.08. The fourth-order valence-corrected chi connectivity index (χ4v) is 3.31. The van der Waals surface area contributed by atoms with Gasteiger partial charge in [0.15, 0.2) is 10.8 Å². The van der Waals surface area contributed by atoms with Gasteiger partial charge in [0.1, 0.15) is 5.82 Å². The van der Waals surface area contributed by atoms with E-state index in [-0.39, 0.29) is 17.4 Å². The first kappa shape index (κ1) is 22.6. The van der Waals surface area contributed by atoms with Crippen molar-refractivity contribution in [1.82, 2.24) is 9.55 Å². The molecule has 1 heterocycles. The Labute approximate surface area is 175 Å². The molecule has 158 valence electrons. The van der Waals surface area contributed by atoms with Crippen molar-refractivity contribution in [2.24, 2.45) is 5.92 Å². The monoisotopic (exact) mass is 419 g/mol. The number of hydrogen-bond donors (Lipinski definition) is 3. The summed E-state index contributed by atoms with van der Waals surface area (Å²) in [4.78, 5) is 28.9. The molecule has 0 saturated carbocycles. The number of nitrogens with two attached hydrogens (primary N) is 1. The van der Waals surface area contributed by atoms with Gasteiger partial charge in [0.2, 0.25) is 0 Å². The number of aromatic amines is 1. The SMILES string of the molecule is CCc1ccccc1NC(=S)N(CCOC)c1c(N)n(CC(C)C)c(=O)[nH]c1=O. The van der Waals surface area contributed by atoms with E-state index in [0.717, 1.165) is 17.7 Å². The average Bonchev–Trinajstić information content (AvgIpc) is 2.67. The minimum absolute atomic E-state index is 0.0801. The first-order valence-electron chi connectivity index (χ1n) is 9.58. The van der Waals surface area contributed by atoms with Crippen LogP contribution in [0.1, 0.15) is 26.3 Å². The number of rotatable bonds is 8. The van der Waals surface area contributed by atoms with Gasteiger partial charge in [0.25, 0.3) is 5.56 Å². The molecule has 0 spiro atoms. The Morgan fingerprint density at radius 3 is 2.66 bits per heavy atom. The summed E-state index contributed by atoms with van der Waals surface area (Å²) in [6.45, 7) is 6.98. The number of para-hydroxylation sites is 1. The summed E-state index contributed by atoms with van der Waals surface area (Å²) in [5.41, 5.74) is 7.22. The molecule has 8 nitrogen and oxygen atoms in total. The number of anilines is 3. The van der Waals surface area contributed by atoms with Crippen LogP contribution in [0.4, 0.5) is 17.2 Å². The number of H-pyrrole nitrogens is 1. The molecule has 1 aromatic carbocycles. The molecule has 0 aliphatic carbocycles. The molecular formula is C20H29N5O3S. The molecular weight excluding hydrogens is 390 g/mol. The molecule has 0 amide bonds. The lowest BCUT2D eigenvalue weighted by molar-refractivity contribution is 0.208. The highest BCUT2D eigenvalue weighted by Crippen LogP contribution is 2.21. The molecule has 0 saturated heterocycles. The van der Waals surface area contributed by atoms with Gasteiger partial charge in [0, 0.05) is 25.9 Å². The number of thiocarbonyl (C=S) groups is 1. The van der Waals surface area contributed by atoms with Gasteiger partial charge in [-0.15, -0.1) is 0 Å². The highest BCUT2D eigenvalue weighted by Gasteiger charge is 2.22. The Bertz CT molecular complexity index is 967.